The minimum absolute atomic E-state index is 0.506. The van der Waals surface area contributed by atoms with E-state index in [-0.39, 0.29) is 0 Å². The fraction of sp³-hybridized carbons (Fsp3) is 0.267. The average molecular weight is 338 g/mol. The maximum atomic E-state index is 12.5. The Hall–Kier alpha value is -2.09. The fourth-order valence-corrected chi connectivity index (χ4v) is 3.18. The molecule has 0 bridgehead atoms. The van der Waals surface area contributed by atoms with Crippen molar-refractivity contribution in [3.8, 4) is 0 Å². The van der Waals surface area contributed by atoms with E-state index in [1.807, 2.05) is 24.3 Å². The molecule has 3 rings (SSSR count). The largest absolute Gasteiger partial charge is 0.416 e. The molecule has 4 nitrogen and oxygen atoms in total. The Bertz CT molecular complexity index is 840. The summed E-state index contributed by atoms with van der Waals surface area (Å²) in [5.41, 5.74) is 1.72. The van der Waals surface area contributed by atoms with Gasteiger partial charge in [0.1, 0.15) is 5.82 Å². The minimum atomic E-state index is -4.31. The van der Waals surface area contributed by atoms with Gasteiger partial charge in [0.05, 0.1) is 5.56 Å². The first-order chi connectivity index (χ1) is 10.8. The van der Waals surface area contributed by atoms with Gasteiger partial charge in [0.25, 0.3) is 0 Å². The molecule has 0 radical (unpaired) electrons. The van der Waals surface area contributed by atoms with E-state index in [9.17, 15) is 13.2 Å². The molecule has 0 aliphatic carbocycles. The Labute approximate surface area is 134 Å². The van der Waals surface area contributed by atoms with Gasteiger partial charge in [0, 0.05) is 17.5 Å². The van der Waals surface area contributed by atoms with E-state index < -0.39 is 11.7 Å². The normalized spacial score (nSPS) is 12.0. The Morgan fingerprint density at radius 1 is 1.09 bits per heavy atom. The van der Waals surface area contributed by atoms with Gasteiger partial charge in [-0.3, -0.25) is 4.40 Å². The van der Waals surface area contributed by atoms with Crippen molar-refractivity contribution in [1.29, 1.82) is 0 Å². The van der Waals surface area contributed by atoms with Crippen molar-refractivity contribution in [1.82, 2.24) is 19.6 Å². The molecule has 8 heteroatoms. The number of hydrogen-bond donors (Lipinski definition) is 0. The number of alkyl halides is 3. The molecule has 0 atom stereocenters. The summed E-state index contributed by atoms with van der Waals surface area (Å²) in [4.78, 5) is 4.37. The summed E-state index contributed by atoms with van der Waals surface area (Å²) in [5.74, 6) is 1.28. The standard InChI is InChI=1S/C15H13F3N4S/c1-9-7-13-20-21-14(22(13)10(2)19-9)23-8-11-3-5-12(6-4-11)15(16,17)18/h3-7H,8H2,1-2H3. The van der Waals surface area contributed by atoms with Crippen LogP contribution in [0.25, 0.3) is 5.65 Å². The van der Waals surface area contributed by atoms with Crippen LogP contribution in [0.4, 0.5) is 13.2 Å². The van der Waals surface area contributed by atoms with Gasteiger partial charge in [-0.15, -0.1) is 10.2 Å². The highest BCUT2D eigenvalue weighted by molar-refractivity contribution is 7.98. The van der Waals surface area contributed by atoms with E-state index in [0.717, 1.165) is 29.2 Å². The van der Waals surface area contributed by atoms with Gasteiger partial charge in [0.2, 0.25) is 0 Å². The zero-order chi connectivity index (χ0) is 16.6. The molecule has 0 amide bonds. The zero-order valence-corrected chi connectivity index (χ0v) is 13.2. The fourth-order valence-electron chi connectivity index (χ4n) is 2.23. The molecule has 2 heterocycles. The first kappa shape index (κ1) is 15.8. The molecule has 0 N–H and O–H groups in total. The maximum Gasteiger partial charge on any atom is 0.416 e. The highest BCUT2D eigenvalue weighted by Crippen LogP contribution is 2.30. The third-order valence-electron chi connectivity index (χ3n) is 3.31. The average Bonchev–Trinajstić information content (AvgIpc) is 2.88. The predicted molar refractivity (Wildman–Crippen MR) is 81.3 cm³/mol. The summed E-state index contributed by atoms with van der Waals surface area (Å²) >= 11 is 1.41. The minimum Gasteiger partial charge on any atom is -0.258 e. The van der Waals surface area contributed by atoms with Crippen LogP contribution in [-0.2, 0) is 11.9 Å². The van der Waals surface area contributed by atoms with Gasteiger partial charge in [-0.05, 0) is 31.5 Å². The quantitative estimate of drug-likeness (QED) is 0.676. The van der Waals surface area contributed by atoms with E-state index in [0.29, 0.717) is 16.6 Å². The van der Waals surface area contributed by atoms with Crippen LogP contribution in [-0.4, -0.2) is 19.6 Å². The van der Waals surface area contributed by atoms with Gasteiger partial charge in [-0.2, -0.15) is 13.2 Å². The van der Waals surface area contributed by atoms with Crippen LogP contribution in [0.2, 0.25) is 0 Å². The molecule has 3 aromatic rings. The van der Waals surface area contributed by atoms with Gasteiger partial charge in [0.15, 0.2) is 10.8 Å². The molecule has 2 aromatic heterocycles. The van der Waals surface area contributed by atoms with Crippen molar-refractivity contribution < 1.29 is 13.2 Å². The second kappa shape index (κ2) is 5.84. The molecule has 1 aromatic carbocycles. The summed E-state index contributed by atoms with van der Waals surface area (Å²) in [6.07, 6.45) is -4.31. The van der Waals surface area contributed by atoms with Crippen molar-refractivity contribution in [2.24, 2.45) is 0 Å². The van der Waals surface area contributed by atoms with E-state index in [1.165, 1.54) is 23.9 Å². The first-order valence-corrected chi connectivity index (χ1v) is 7.81. The van der Waals surface area contributed by atoms with Crippen molar-refractivity contribution >= 4 is 17.4 Å². The second-order valence-electron chi connectivity index (χ2n) is 5.10. The number of fused-ring (bicyclic) bond motifs is 1. The lowest BCUT2D eigenvalue weighted by Gasteiger charge is -2.07. The Balaban J connectivity index is 1.79. The van der Waals surface area contributed by atoms with E-state index >= 15 is 0 Å². The number of halogens is 3. The van der Waals surface area contributed by atoms with Gasteiger partial charge >= 0.3 is 6.18 Å². The number of nitrogens with zero attached hydrogens (tertiary/aromatic N) is 4. The van der Waals surface area contributed by atoms with Crippen LogP contribution in [0.5, 0.6) is 0 Å². The molecule has 0 spiro atoms. The highest BCUT2D eigenvalue weighted by Gasteiger charge is 2.29. The van der Waals surface area contributed by atoms with E-state index in [2.05, 4.69) is 15.2 Å². The number of thioether (sulfide) groups is 1. The lowest BCUT2D eigenvalue weighted by Crippen LogP contribution is -2.04. The third-order valence-corrected chi connectivity index (χ3v) is 4.31. The molecule has 0 aliphatic heterocycles. The van der Waals surface area contributed by atoms with Gasteiger partial charge in [-0.1, -0.05) is 23.9 Å². The molecule has 0 fully saturated rings. The zero-order valence-electron chi connectivity index (χ0n) is 12.4. The van der Waals surface area contributed by atoms with Crippen LogP contribution < -0.4 is 0 Å². The predicted octanol–water partition coefficient (Wildman–Crippen LogP) is 4.05. The van der Waals surface area contributed by atoms with Crippen molar-refractivity contribution in [3.63, 3.8) is 0 Å². The number of hydrogen-bond acceptors (Lipinski definition) is 4. The molecule has 0 unspecified atom stereocenters. The molecule has 0 saturated carbocycles. The van der Waals surface area contributed by atoms with Crippen LogP contribution in [0.15, 0.2) is 35.5 Å². The molecular weight excluding hydrogens is 325 g/mol. The molecule has 23 heavy (non-hydrogen) atoms. The third kappa shape index (κ3) is 3.31. The number of aryl methyl sites for hydroxylation is 2. The summed E-state index contributed by atoms with van der Waals surface area (Å²) in [6.45, 7) is 3.75. The Kier molecular flexibility index (Phi) is 4.01. The molecule has 0 aliphatic rings. The van der Waals surface area contributed by atoms with Crippen LogP contribution in [0.1, 0.15) is 22.6 Å². The number of rotatable bonds is 3. The lowest BCUT2D eigenvalue weighted by atomic mass is 10.1. The summed E-state index contributed by atoms with van der Waals surface area (Å²) < 4.78 is 39.5. The highest BCUT2D eigenvalue weighted by atomic mass is 32.2. The van der Waals surface area contributed by atoms with Crippen molar-refractivity contribution in [3.05, 3.63) is 53.0 Å². The SMILES string of the molecule is Cc1cc2nnc(SCc3ccc(C(F)(F)F)cc3)n2c(C)n1. The summed E-state index contributed by atoms with van der Waals surface area (Å²) in [7, 11) is 0. The van der Waals surface area contributed by atoms with Crippen LogP contribution in [0, 0.1) is 13.8 Å². The van der Waals surface area contributed by atoms with Gasteiger partial charge < -0.3 is 0 Å². The number of aromatic nitrogens is 4. The van der Waals surface area contributed by atoms with Crippen molar-refractivity contribution in [2.45, 2.75) is 30.9 Å². The maximum absolute atomic E-state index is 12.5. The summed E-state index contributed by atoms with van der Waals surface area (Å²) in [5, 5.41) is 8.90. The van der Waals surface area contributed by atoms with E-state index in [1.54, 1.807) is 0 Å². The molecule has 0 saturated heterocycles. The Morgan fingerprint density at radius 3 is 2.43 bits per heavy atom. The van der Waals surface area contributed by atoms with Crippen LogP contribution in [0.3, 0.4) is 0 Å². The topological polar surface area (TPSA) is 43.1 Å². The van der Waals surface area contributed by atoms with E-state index in [4.69, 9.17) is 0 Å². The molecule has 120 valence electrons. The van der Waals surface area contributed by atoms with Gasteiger partial charge in [-0.25, -0.2) is 4.98 Å². The Morgan fingerprint density at radius 2 is 1.78 bits per heavy atom. The summed E-state index contributed by atoms with van der Waals surface area (Å²) in [6, 6.07) is 6.98. The van der Waals surface area contributed by atoms with Crippen molar-refractivity contribution in [2.75, 3.05) is 0 Å². The number of benzene rings is 1. The van der Waals surface area contributed by atoms with Crippen LogP contribution >= 0.6 is 11.8 Å². The molecular formula is C15H13F3N4S. The smallest absolute Gasteiger partial charge is 0.258 e. The monoisotopic (exact) mass is 338 g/mol. The second-order valence-corrected chi connectivity index (χ2v) is 6.05. The lowest BCUT2D eigenvalue weighted by molar-refractivity contribution is -0.137. The first-order valence-electron chi connectivity index (χ1n) is 6.83.